The third kappa shape index (κ3) is 5.99. The zero-order valence-electron chi connectivity index (χ0n) is 20.1. The fourth-order valence-corrected chi connectivity index (χ4v) is 4.63. The van der Waals surface area contributed by atoms with Crippen molar-refractivity contribution in [1.29, 1.82) is 0 Å². The lowest BCUT2D eigenvalue weighted by Gasteiger charge is -2.34. The topological polar surface area (TPSA) is 74.6 Å². The number of piperidine rings is 1. The van der Waals surface area contributed by atoms with Crippen LogP contribution in [0.5, 0.6) is 0 Å². The Labute approximate surface area is 211 Å². The first-order valence-electron chi connectivity index (χ1n) is 11.8. The van der Waals surface area contributed by atoms with E-state index in [9.17, 15) is 4.79 Å². The molecule has 5 rings (SSSR count). The van der Waals surface area contributed by atoms with Crippen molar-refractivity contribution in [1.82, 2.24) is 19.9 Å². The highest BCUT2D eigenvalue weighted by Gasteiger charge is 2.20. The minimum atomic E-state index is 0.381. The van der Waals surface area contributed by atoms with Gasteiger partial charge in [-0.15, -0.1) is 0 Å². The Kier molecular flexibility index (Phi) is 8.34. The third-order valence-electron chi connectivity index (χ3n) is 6.27. The number of hydrogen-bond donors (Lipinski definition) is 2. The summed E-state index contributed by atoms with van der Waals surface area (Å²) in [6.07, 6.45) is 6.72. The monoisotopic (exact) mass is 490 g/mol. The van der Waals surface area contributed by atoms with Crippen molar-refractivity contribution in [3.05, 3.63) is 77.7 Å². The first kappa shape index (κ1) is 24.7. The molecule has 1 aliphatic rings. The smallest absolute Gasteiger partial charge is 0.168 e. The van der Waals surface area contributed by atoms with Gasteiger partial charge in [0.2, 0.25) is 0 Å². The summed E-state index contributed by atoms with van der Waals surface area (Å²) in [5, 5.41) is 11.4. The van der Waals surface area contributed by atoms with Gasteiger partial charge in [0, 0.05) is 36.9 Å². The molecule has 2 aromatic heterocycles. The highest BCUT2D eigenvalue weighted by atomic mass is 35.5. The van der Waals surface area contributed by atoms with Gasteiger partial charge in [0.25, 0.3) is 0 Å². The quantitative estimate of drug-likeness (QED) is 0.369. The van der Waals surface area contributed by atoms with Gasteiger partial charge in [0.15, 0.2) is 11.9 Å². The molecule has 2 N–H and O–H groups in total. The summed E-state index contributed by atoms with van der Waals surface area (Å²) in [5.41, 5.74) is 5.37. The number of para-hydroxylation sites is 2. The van der Waals surface area contributed by atoms with Gasteiger partial charge < -0.3 is 15.5 Å². The summed E-state index contributed by atoms with van der Waals surface area (Å²) in [5.74, 6) is 0.845. The molecule has 0 amide bonds. The maximum absolute atomic E-state index is 10.8. The number of nitrogens with zero attached hydrogens (tertiary/aromatic N) is 4. The molecule has 0 bridgehead atoms. The Morgan fingerprint density at radius 3 is 2.60 bits per heavy atom. The summed E-state index contributed by atoms with van der Waals surface area (Å²) in [6, 6.07) is 17.6. The molecule has 0 aliphatic carbocycles. The van der Waals surface area contributed by atoms with Gasteiger partial charge in [-0.25, -0.2) is 9.50 Å². The van der Waals surface area contributed by atoms with Crippen LogP contribution in [0.25, 0.3) is 16.8 Å². The Bertz CT molecular complexity index is 1270. The van der Waals surface area contributed by atoms with Crippen LogP contribution >= 0.6 is 11.6 Å². The number of halogens is 1. The minimum absolute atomic E-state index is 0.381. The molecule has 0 unspecified atom stereocenters. The number of rotatable bonds is 6. The number of carbonyl (C=O) groups is 1. The van der Waals surface area contributed by atoms with Gasteiger partial charge in [-0.2, -0.15) is 5.10 Å². The molecular formula is C27H31ClN6O. The van der Waals surface area contributed by atoms with Crippen LogP contribution < -0.4 is 15.5 Å². The van der Waals surface area contributed by atoms with E-state index in [0.717, 1.165) is 29.9 Å². The van der Waals surface area contributed by atoms with Crippen LogP contribution in [0.15, 0.2) is 67.0 Å². The largest absolute Gasteiger partial charge is 0.386 e. The molecule has 3 heterocycles. The molecule has 7 nitrogen and oxygen atoms in total. The second-order valence-corrected chi connectivity index (χ2v) is 9.00. The maximum Gasteiger partial charge on any atom is 0.168 e. The average Bonchev–Trinajstić information content (AvgIpc) is 3.33. The summed E-state index contributed by atoms with van der Waals surface area (Å²) in [6.45, 7) is 3.50. The van der Waals surface area contributed by atoms with Gasteiger partial charge in [-0.1, -0.05) is 35.9 Å². The number of aldehydes is 1. The summed E-state index contributed by atoms with van der Waals surface area (Å²) < 4.78 is 1.63. The van der Waals surface area contributed by atoms with Crippen LogP contribution in [0, 0.1) is 5.92 Å². The highest BCUT2D eigenvalue weighted by Crippen LogP contribution is 2.29. The van der Waals surface area contributed by atoms with Crippen LogP contribution in [0.4, 0.5) is 11.4 Å². The van der Waals surface area contributed by atoms with Crippen LogP contribution in [-0.2, 0) is 0 Å². The molecule has 35 heavy (non-hydrogen) atoms. The van der Waals surface area contributed by atoms with Crippen molar-refractivity contribution in [2.45, 2.75) is 12.8 Å². The Morgan fingerprint density at radius 1 is 1.09 bits per heavy atom. The van der Waals surface area contributed by atoms with Crippen molar-refractivity contribution in [3.63, 3.8) is 0 Å². The molecule has 1 saturated heterocycles. The lowest BCUT2D eigenvalue weighted by Crippen LogP contribution is -2.36. The van der Waals surface area contributed by atoms with Crippen LogP contribution in [-0.4, -0.2) is 54.6 Å². The van der Waals surface area contributed by atoms with Gasteiger partial charge >= 0.3 is 0 Å². The molecule has 0 radical (unpaired) electrons. The summed E-state index contributed by atoms with van der Waals surface area (Å²) >= 11 is 5.97. The number of aromatic nitrogens is 3. The number of anilines is 2. The van der Waals surface area contributed by atoms with E-state index < -0.39 is 0 Å². The highest BCUT2D eigenvalue weighted by molar-refractivity contribution is 6.30. The molecule has 0 saturated carbocycles. The summed E-state index contributed by atoms with van der Waals surface area (Å²) in [7, 11) is 4.04. The second kappa shape index (κ2) is 11.8. The fraction of sp³-hybridized carbons (Fsp3) is 0.296. The number of fused-ring (bicyclic) bond motifs is 1. The van der Waals surface area contributed by atoms with Crippen molar-refractivity contribution in [2.24, 2.45) is 5.92 Å². The Hall–Kier alpha value is -3.42. The van der Waals surface area contributed by atoms with Crippen molar-refractivity contribution in [2.75, 3.05) is 43.9 Å². The van der Waals surface area contributed by atoms with E-state index in [-0.39, 0.29) is 0 Å². The number of hydrogen-bond acceptors (Lipinski definition) is 6. The number of benzene rings is 2. The molecule has 4 aromatic rings. The van der Waals surface area contributed by atoms with Gasteiger partial charge in [-0.05, 0) is 68.2 Å². The van der Waals surface area contributed by atoms with Crippen molar-refractivity contribution in [3.8, 4) is 11.1 Å². The molecule has 2 aromatic carbocycles. The van der Waals surface area contributed by atoms with E-state index in [1.165, 1.54) is 37.3 Å². The van der Waals surface area contributed by atoms with Crippen molar-refractivity contribution >= 4 is 34.9 Å². The molecule has 0 atom stereocenters. The van der Waals surface area contributed by atoms with Crippen molar-refractivity contribution < 1.29 is 4.79 Å². The lowest BCUT2D eigenvalue weighted by atomic mass is 9.96. The molecular weight excluding hydrogens is 460 g/mol. The normalized spacial score (nSPS) is 13.9. The van der Waals surface area contributed by atoms with Gasteiger partial charge in [-0.3, -0.25) is 4.79 Å². The first-order valence-corrected chi connectivity index (χ1v) is 12.2. The second-order valence-electron chi connectivity index (χ2n) is 8.56. The fourth-order valence-electron chi connectivity index (χ4n) is 4.44. The van der Waals surface area contributed by atoms with Gasteiger partial charge in [0.1, 0.15) is 5.69 Å². The van der Waals surface area contributed by atoms with E-state index in [1.54, 1.807) is 29.0 Å². The Balaban J connectivity index is 0.000000165. The summed E-state index contributed by atoms with van der Waals surface area (Å²) in [4.78, 5) is 17.5. The maximum atomic E-state index is 10.8. The Morgan fingerprint density at radius 2 is 1.89 bits per heavy atom. The van der Waals surface area contributed by atoms with E-state index >= 15 is 0 Å². The van der Waals surface area contributed by atoms with Gasteiger partial charge in [0.05, 0.1) is 17.6 Å². The van der Waals surface area contributed by atoms with Crippen LogP contribution in [0.1, 0.15) is 23.3 Å². The van der Waals surface area contributed by atoms with Crippen LogP contribution in [0.3, 0.4) is 0 Å². The van der Waals surface area contributed by atoms with Crippen LogP contribution in [0.2, 0.25) is 5.02 Å². The average molecular weight is 491 g/mol. The van der Waals surface area contributed by atoms with E-state index in [2.05, 4.69) is 49.9 Å². The van der Waals surface area contributed by atoms with E-state index in [4.69, 9.17) is 11.6 Å². The predicted octanol–water partition coefficient (Wildman–Crippen LogP) is 5.03. The molecule has 1 aliphatic heterocycles. The molecule has 0 spiro atoms. The zero-order valence-corrected chi connectivity index (χ0v) is 20.9. The van der Waals surface area contributed by atoms with E-state index in [0.29, 0.717) is 16.4 Å². The number of nitrogens with one attached hydrogen (secondary N) is 2. The number of carbonyl (C=O) groups excluding carboxylic acids is 1. The molecule has 8 heteroatoms. The zero-order chi connectivity index (χ0) is 24.6. The van der Waals surface area contributed by atoms with E-state index in [1.807, 2.05) is 32.3 Å². The standard InChI is InChI=1S/C14H23N3.C13H8ClN3O/c1-15-11-12-7-9-17(10-8-12)14-6-4-3-5-13(14)16-2;14-10-3-1-2-9(6-10)12-7-15-17-5-4-11(8-18)16-13(12)17/h3-6,12,15-16H,7-11H2,1-2H3;1-8H. The minimum Gasteiger partial charge on any atom is -0.386 e. The lowest BCUT2D eigenvalue weighted by molar-refractivity contribution is 0.111. The molecule has 182 valence electrons. The first-order chi connectivity index (χ1) is 17.1. The predicted molar refractivity (Wildman–Crippen MR) is 144 cm³/mol. The SMILES string of the molecule is CNCC1CCN(c2ccccc2NC)CC1.O=Cc1ccn2ncc(-c3cccc(Cl)c3)c2n1. The molecule has 1 fully saturated rings. The third-order valence-corrected chi connectivity index (χ3v) is 6.50.